The standard InChI is InChI=1S/C27H24F3NO3S.C26H24ClNO3S.C26H24FNO3S/c1-2-31-14-5-15-34-19-11-8-17(9-12-19)24-21-13-10-18(32)16-23(21)35-26(24)25(33)20-6-3-4-7-22(20)27(28,29)30;1-2-28-14-5-15-31-19-11-8-17(9-12-19)24-21-13-10-18(29)16-23(21)32-26(24)25(30)20-6-3-4-7-22(20)27;1-2-28-14-3-15-31-21-11-6-17(7-12-21)24-22-13-10-20(29)16-23(22)32-26(24)25(30)18-4-8-19(27)9-5-18/h3-4,6-13,16,31-32H,2,5,14-15H2,1H3;3-4,6-13,16,28-29H,2,5,14-15H2,1H3;4-13,16,28-29H,2-3,14-15H2,1H3. The van der Waals surface area contributed by atoms with Crippen LogP contribution in [-0.2, 0) is 6.18 Å². The molecule has 0 aliphatic rings. The Balaban J connectivity index is 0.000000161. The number of phenolic OH excluding ortho intramolecular Hbond substituents is 3. The predicted octanol–water partition coefficient (Wildman–Crippen LogP) is 19.5. The van der Waals surface area contributed by atoms with Gasteiger partial charge in [-0.05, 0) is 209 Å². The van der Waals surface area contributed by atoms with E-state index in [4.69, 9.17) is 25.8 Å². The maximum atomic E-state index is 13.6. The van der Waals surface area contributed by atoms with Gasteiger partial charge in [0.05, 0.1) is 45.0 Å². The van der Waals surface area contributed by atoms with E-state index in [1.807, 2.05) is 67.6 Å². The van der Waals surface area contributed by atoms with Gasteiger partial charge in [-0.3, -0.25) is 14.4 Å². The number of alkyl halides is 3. The summed E-state index contributed by atoms with van der Waals surface area (Å²) in [4.78, 5) is 41.5. The average molecular weight is 1420 g/mol. The van der Waals surface area contributed by atoms with Crippen LogP contribution in [0.4, 0.5) is 17.6 Å². The minimum Gasteiger partial charge on any atom is -0.508 e. The number of fused-ring (bicyclic) bond motifs is 3. The number of aromatic hydroxyl groups is 3. The number of carbonyl (C=O) groups excluding carboxylic acids is 3. The van der Waals surface area contributed by atoms with Crippen LogP contribution in [0.1, 0.15) is 91.3 Å². The Labute approximate surface area is 588 Å². The van der Waals surface area contributed by atoms with Gasteiger partial charge in [0.25, 0.3) is 0 Å². The molecular formula is C79H72ClF4N3O9S3. The smallest absolute Gasteiger partial charge is 0.417 e. The molecular weight excluding hydrogens is 1340 g/mol. The van der Waals surface area contributed by atoms with Crippen LogP contribution in [-0.4, -0.2) is 91.8 Å². The van der Waals surface area contributed by atoms with Crippen molar-refractivity contribution in [2.24, 2.45) is 0 Å². The number of benzene rings is 9. The van der Waals surface area contributed by atoms with Crippen molar-refractivity contribution < 1.29 is 61.5 Å². The molecule has 0 unspecified atom stereocenters. The van der Waals surface area contributed by atoms with Gasteiger partial charge in [0.15, 0.2) is 0 Å². The summed E-state index contributed by atoms with van der Waals surface area (Å²) in [5, 5.41) is 42.5. The van der Waals surface area contributed by atoms with E-state index in [0.29, 0.717) is 72.7 Å². The van der Waals surface area contributed by atoms with Crippen LogP contribution in [0.3, 0.4) is 0 Å². The Morgan fingerprint density at radius 2 is 0.778 bits per heavy atom. The van der Waals surface area contributed by atoms with Crippen LogP contribution < -0.4 is 30.2 Å². The second kappa shape index (κ2) is 34.4. The first kappa shape index (κ1) is 72.3. The van der Waals surface area contributed by atoms with Crippen molar-refractivity contribution in [1.29, 1.82) is 0 Å². The van der Waals surface area contributed by atoms with Crippen LogP contribution in [0.15, 0.2) is 200 Å². The van der Waals surface area contributed by atoms with Crippen molar-refractivity contribution in [3.63, 3.8) is 0 Å². The van der Waals surface area contributed by atoms with Gasteiger partial charge in [0.2, 0.25) is 17.3 Å². The van der Waals surface area contributed by atoms with Gasteiger partial charge in [0, 0.05) is 63.6 Å². The van der Waals surface area contributed by atoms with Crippen LogP contribution >= 0.6 is 45.6 Å². The molecule has 9 aromatic carbocycles. The number of hydrogen-bond donors (Lipinski definition) is 6. The zero-order valence-electron chi connectivity index (χ0n) is 54.4. The van der Waals surface area contributed by atoms with Crippen LogP contribution in [0.25, 0.3) is 63.6 Å². The molecule has 99 heavy (non-hydrogen) atoms. The summed E-state index contributed by atoms with van der Waals surface area (Å²) in [6, 6.07) is 55.0. The van der Waals surface area contributed by atoms with E-state index in [-0.39, 0.29) is 39.5 Å². The van der Waals surface area contributed by atoms with Crippen LogP contribution in [0, 0.1) is 5.82 Å². The lowest BCUT2D eigenvalue weighted by atomic mass is 9.96. The van der Waals surface area contributed by atoms with Crippen LogP contribution in [0.5, 0.6) is 34.5 Å². The first-order chi connectivity index (χ1) is 47.9. The van der Waals surface area contributed by atoms with Gasteiger partial charge in [0.1, 0.15) is 40.3 Å². The summed E-state index contributed by atoms with van der Waals surface area (Å²) in [5.74, 6) is 1.16. The Morgan fingerprint density at radius 3 is 1.14 bits per heavy atom. The molecule has 3 aromatic heterocycles. The molecule has 12 rings (SSSR count). The molecule has 12 nitrogen and oxygen atoms in total. The maximum absolute atomic E-state index is 13.6. The van der Waals surface area contributed by atoms with Gasteiger partial charge in [-0.2, -0.15) is 13.2 Å². The van der Waals surface area contributed by atoms with Crippen molar-refractivity contribution >= 4 is 93.2 Å². The highest BCUT2D eigenvalue weighted by Gasteiger charge is 2.36. The highest BCUT2D eigenvalue weighted by atomic mass is 35.5. The van der Waals surface area contributed by atoms with Gasteiger partial charge in [-0.1, -0.05) is 99.1 Å². The van der Waals surface area contributed by atoms with E-state index in [1.54, 1.807) is 78.9 Å². The normalized spacial score (nSPS) is 11.3. The molecule has 0 radical (unpaired) electrons. The lowest BCUT2D eigenvalue weighted by Gasteiger charge is -2.12. The number of carbonyl (C=O) groups is 3. The predicted molar refractivity (Wildman–Crippen MR) is 392 cm³/mol. The summed E-state index contributed by atoms with van der Waals surface area (Å²) in [5.41, 5.74) is 4.16. The van der Waals surface area contributed by atoms with Crippen molar-refractivity contribution in [1.82, 2.24) is 16.0 Å². The number of nitrogens with one attached hydrogen (secondary N) is 3. The molecule has 510 valence electrons. The summed E-state index contributed by atoms with van der Waals surface area (Å²) in [6.45, 7) is 13.5. The molecule has 0 bridgehead atoms. The second-order valence-electron chi connectivity index (χ2n) is 22.7. The average Bonchev–Trinajstić information content (AvgIpc) is 1.65. The number of thiophene rings is 3. The van der Waals surface area contributed by atoms with Crippen molar-refractivity contribution in [3.05, 3.63) is 248 Å². The highest BCUT2D eigenvalue weighted by Crippen LogP contribution is 2.46. The first-order valence-electron chi connectivity index (χ1n) is 32.3. The third-order valence-electron chi connectivity index (χ3n) is 15.8. The molecule has 20 heteroatoms. The number of rotatable bonds is 27. The third-order valence-corrected chi connectivity index (χ3v) is 19.6. The fourth-order valence-electron chi connectivity index (χ4n) is 11.0. The van der Waals surface area contributed by atoms with E-state index in [2.05, 4.69) is 29.8 Å². The maximum Gasteiger partial charge on any atom is 0.417 e. The lowest BCUT2D eigenvalue weighted by molar-refractivity contribution is -0.137. The van der Waals surface area contributed by atoms with E-state index in [9.17, 15) is 47.3 Å². The highest BCUT2D eigenvalue weighted by molar-refractivity contribution is 7.22. The van der Waals surface area contributed by atoms with Gasteiger partial charge >= 0.3 is 6.18 Å². The number of halogens is 5. The molecule has 0 atom stereocenters. The molecule has 0 spiro atoms. The summed E-state index contributed by atoms with van der Waals surface area (Å²) >= 11 is 10.1. The number of hydrogen-bond acceptors (Lipinski definition) is 15. The summed E-state index contributed by atoms with van der Waals surface area (Å²) in [6.07, 6.45) is -1.95. The number of phenols is 3. The zero-order chi connectivity index (χ0) is 70.0. The van der Waals surface area contributed by atoms with Gasteiger partial charge in [-0.25, -0.2) is 4.39 Å². The molecule has 0 amide bonds. The molecule has 0 saturated heterocycles. The quantitative estimate of drug-likeness (QED) is 0.0164. The number of ether oxygens (including phenoxy) is 3. The molecule has 3 heterocycles. The van der Waals surface area contributed by atoms with E-state index in [0.717, 1.165) is 130 Å². The summed E-state index contributed by atoms with van der Waals surface area (Å²) < 4.78 is 73.9. The Bertz CT molecular complexity index is 4730. The van der Waals surface area contributed by atoms with Gasteiger partial charge < -0.3 is 45.5 Å². The van der Waals surface area contributed by atoms with Crippen LogP contribution in [0.2, 0.25) is 5.02 Å². The molecule has 0 aliphatic heterocycles. The monoisotopic (exact) mass is 1410 g/mol. The van der Waals surface area contributed by atoms with E-state index < -0.39 is 23.1 Å². The fourth-order valence-corrected chi connectivity index (χ4v) is 14.9. The van der Waals surface area contributed by atoms with E-state index >= 15 is 0 Å². The minimum atomic E-state index is -4.66. The minimum absolute atomic E-state index is 0.0151. The molecule has 6 N–H and O–H groups in total. The van der Waals surface area contributed by atoms with Crippen molar-refractivity contribution in [2.75, 3.05) is 59.1 Å². The SMILES string of the molecule is CCNCCCOc1ccc(-c2c(C(=O)c3ccc(F)cc3)sc3cc(O)ccc23)cc1.CCNCCCOc1ccc(-c2c(C(=O)c3ccccc3C(F)(F)F)sc3cc(O)ccc23)cc1.CCNCCCOc1ccc(-c2c(C(=O)c3ccccc3Cl)sc3cc(O)ccc23)cc1. The van der Waals surface area contributed by atoms with Crippen molar-refractivity contribution in [2.45, 2.75) is 46.2 Å². The second-order valence-corrected chi connectivity index (χ2v) is 26.3. The Morgan fingerprint density at radius 1 is 0.434 bits per heavy atom. The van der Waals surface area contributed by atoms with Crippen molar-refractivity contribution in [3.8, 4) is 67.9 Å². The zero-order valence-corrected chi connectivity index (χ0v) is 57.6. The molecule has 0 saturated carbocycles. The Hall–Kier alpha value is -9.44. The molecule has 0 fully saturated rings. The fraction of sp³-hybridized carbons (Fsp3) is 0.203. The molecule has 12 aromatic rings. The van der Waals surface area contributed by atoms with Gasteiger partial charge in [-0.15, -0.1) is 34.0 Å². The topological polar surface area (TPSA) is 176 Å². The largest absolute Gasteiger partial charge is 0.508 e. The molecule has 0 aliphatic carbocycles. The van der Waals surface area contributed by atoms with E-state index in [1.165, 1.54) is 77.3 Å². The summed E-state index contributed by atoms with van der Waals surface area (Å²) in [7, 11) is 0. The number of ketones is 3. The third kappa shape index (κ3) is 18.3. The lowest BCUT2D eigenvalue weighted by Crippen LogP contribution is -2.16. The first-order valence-corrected chi connectivity index (χ1v) is 35.2. The Kier molecular flexibility index (Phi) is 25.1.